The summed E-state index contributed by atoms with van der Waals surface area (Å²) in [6.07, 6.45) is -15.4. The van der Waals surface area contributed by atoms with Crippen LogP contribution in [0, 0.1) is 0 Å². The first-order chi connectivity index (χ1) is 15.0. The van der Waals surface area contributed by atoms with E-state index in [1.54, 1.807) is 0 Å². The van der Waals surface area contributed by atoms with Gasteiger partial charge in [0, 0.05) is 16.2 Å². The van der Waals surface area contributed by atoms with E-state index in [0.29, 0.717) is 16.4 Å². The van der Waals surface area contributed by atoms with E-state index >= 15 is 0 Å². The second-order valence-corrected chi connectivity index (χ2v) is 13.1. The van der Waals surface area contributed by atoms with Crippen LogP contribution in [0.1, 0.15) is 81.5 Å². The molecule has 0 fully saturated rings. The molecule has 1 atom stereocenters. The minimum absolute atomic E-state index is 0.120. The number of hydrogen-bond donors (Lipinski definition) is 0. The first-order valence-corrected chi connectivity index (χ1v) is 13.4. The zero-order valence-electron chi connectivity index (χ0n) is 19.2. The lowest BCUT2D eigenvalue weighted by atomic mass is 9.89. The molecule has 1 heterocycles. The predicted octanol–water partition coefficient (Wildman–Crippen LogP) is 7.75. The van der Waals surface area contributed by atoms with Gasteiger partial charge < -0.3 is 4.52 Å². The standard InChI is InChI=1S/C24H27F6OPS/c1-13(2)16-11-17(14(3)4)21(18(12-16)15(5)6)32(33)20-10-8-7-9-19(20)22(31-32,23(25,26)27)24(28,29)30/h7-15H,1-6H3. The van der Waals surface area contributed by atoms with Crippen molar-refractivity contribution >= 4 is 28.7 Å². The van der Waals surface area contributed by atoms with Gasteiger partial charge in [-0.1, -0.05) is 89.7 Å². The van der Waals surface area contributed by atoms with Crippen LogP contribution >= 0.6 is 6.26 Å². The Morgan fingerprint density at radius 1 is 0.788 bits per heavy atom. The van der Waals surface area contributed by atoms with Gasteiger partial charge in [-0.2, -0.15) is 26.3 Å². The van der Waals surface area contributed by atoms with Crippen LogP contribution in [0.25, 0.3) is 0 Å². The lowest BCUT2D eigenvalue weighted by molar-refractivity contribution is -0.361. The molecular formula is C24H27F6OPS. The maximum absolute atomic E-state index is 14.3. The van der Waals surface area contributed by atoms with E-state index in [4.69, 9.17) is 16.3 Å². The third kappa shape index (κ3) is 3.96. The zero-order chi connectivity index (χ0) is 25.1. The molecule has 0 saturated heterocycles. The Bertz CT molecular complexity index is 1060. The first kappa shape index (κ1) is 26.2. The smallest absolute Gasteiger partial charge is 0.313 e. The van der Waals surface area contributed by atoms with Crippen molar-refractivity contribution in [2.45, 2.75) is 77.2 Å². The molecule has 0 saturated carbocycles. The average Bonchev–Trinajstić information content (AvgIpc) is 2.98. The molecule has 33 heavy (non-hydrogen) atoms. The highest BCUT2D eigenvalue weighted by Gasteiger charge is 2.78. The molecular weight excluding hydrogens is 481 g/mol. The third-order valence-electron chi connectivity index (χ3n) is 6.06. The van der Waals surface area contributed by atoms with Crippen molar-refractivity contribution in [3.63, 3.8) is 0 Å². The summed E-state index contributed by atoms with van der Waals surface area (Å²) in [6, 6.07) is 8.40. The van der Waals surface area contributed by atoms with E-state index < -0.39 is 29.8 Å². The minimum atomic E-state index is -5.74. The molecule has 2 aromatic rings. The minimum Gasteiger partial charge on any atom is -0.313 e. The summed E-state index contributed by atoms with van der Waals surface area (Å²) in [5.74, 6) is -0.244. The van der Waals surface area contributed by atoms with Crippen LogP contribution in [0.5, 0.6) is 0 Å². The van der Waals surface area contributed by atoms with Gasteiger partial charge in [-0.15, -0.1) is 0 Å². The summed E-state index contributed by atoms with van der Waals surface area (Å²) in [5, 5.41) is 0.130. The first-order valence-electron chi connectivity index (χ1n) is 10.7. The number of alkyl halides is 6. The van der Waals surface area contributed by atoms with Gasteiger partial charge in [-0.25, -0.2) is 0 Å². The highest BCUT2D eigenvalue weighted by atomic mass is 32.4. The van der Waals surface area contributed by atoms with E-state index in [-0.39, 0.29) is 23.1 Å². The number of fused-ring (bicyclic) bond motifs is 1. The summed E-state index contributed by atoms with van der Waals surface area (Å²) < 4.78 is 90.9. The van der Waals surface area contributed by atoms with Crippen LogP contribution in [0.2, 0.25) is 0 Å². The van der Waals surface area contributed by atoms with E-state index in [1.807, 2.05) is 53.7 Å². The average molecular weight is 509 g/mol. The van der Waals surface area contributed by atoms with Gasteiger partial charge in [0.25, 0.3) is 5.60 Å². The van der Waals surface area contributed by atoms with Gasteiger partial charge in [-0.3, -0.25) is 0 Å². The summed E-state index contributed by atoms with van der Waals surface area (Å²) in [5.41, 5.74) is -3.18. The van der Waals surface area contributed by atoms with E-state index in [0.717, 1.165) is 17.7 Å². The maximum Gasteiger partial charge on any atom is 0.431 e. The van der Waals surface area contributed by atoms with E-state index in [2.05, 4.69) is 0 Å². The molecule has 0 aliphatic carbocycles. The van der Waals surface area contributed by atoms with Crippen LogP contribution in [0.3, 0.4) is 0 Å². The fraction of sp³-hybridized carbons (Fsp3) is 0.500. The number of halogens is 6. The molecule has 1 aliphatic heterocycles. The largest absolute Gasteiger partial charge is 0.431 e. The highest BCUT2D eigenvalue weighted by molar-refractivity contribution is 8.19. The molecule has 182 valence electrons. The van der Waals surface area contributed by atoms with Crippen LogP contribution in [0.4, 0.5) is 26.3 Å². The van der Waals surface area contributed by atoms with Crippen molar-refractivity contribution in [1.29, 1.82) is 0 Å². The van der Waals surface area contributed by atoms with Crippen molar-refractivity contribution in [3.8, 4) is 0 Å². The van der Waals surface area contributed by atoms with E-state index in [1.165, 1.54) is 12.1 Å². The lowest BCUT2D eigenvalue weighted by Gasteiger charge is -2.36. The highest BCUT2D eigenvalue weighted by Crippen LogP contribution is 2.68. The molecule has 0 radical (unpaired) electrons. The second-order valence-electron chi connectivity index (χ2n) is 9.35. The Morgan fingerprint density at radius 2 is 1.24 bits per heavy atom. The molecule has 2 aromatic carbocycles. The fourth-order valence-corrected chi connectivity index (χ4v) is 9.04. The fourth-order valence-electron chi connectivity index (χ4n) is 4.31. The molecule has 0 bridgehead atoms. The predicted molar refractivity (Wildman–Crippen MR) is 124 cm³/mol. The molecule has 0 N–H and O–H groups in total. The maximum atomic E-state index is 14.3. The normalized spacial score (nSPS) is 20.7. The van der Waals surface area contributed by atoms with Crippen molar-refractivity contribution in [3.05, 3.63) is 58.7 Å². The summed E-state index contributed by atoms with van der Waals surface area (Å²) in [4.78, 5) is 0. The summed E-state index contributed by atoms with van der Waals surface area (Å²) in [6.45, 7) is 11.4. The van der Waals surface area contributed by atoms with Gasteiger partial charge in [0.15, 0.2) is 0 Å². The number of benzene rings is 2. The zero-order valence-corrected chi connectivity index (χ0v) is 20.9. The summed E-state index contributed by atoms with van der Waals surface area (Å²) in [7, 11) is 0. The molecule has 0 aromatic heterocycles. The van der Waals surface area contributed by atoms with Gasteiger partial charge in [0.1, 0.15) is 6.26 Å². The van der Waals surface area contributed by atoms with Crippen LogP contribution in [0.15, 0.2) is 36.4 Å². The molecule has 3 rings (SSSR count). The topological polar surface area (TPSA) is 9.23 Å². The van der Waals surface area contributed by atoms with Crippen molar-refractivity contribution in [2.75, 3.05) is 0 Å². The Labute approximate surface area is 195 Å². The third-order valence-corrected chi connectivity index (χ3v) is 10.1. The lowest BCUT2D eigenvalue weighted by Crippen LogP contribution is -2.54. The Kier molecular flexibility index (Phi) is 6.67. The number of rotatable bonds is 4. The van der Waals surface area contributed by atoms with Crippen LogP contribution in [-0.4, -0.2) is 12.4 Å². The summed E-state index contributed by atoms with van der Waals surface area (Å²) >= 11 is 5.79. The SMILES string of the molecule is CC(C)c1cc(C(C)C)c(P2(=S)OC(C(F)(F)F)(C(F)(F)F)c3ccccc32)c(C(C)C)c1. The van der Waals surface area contributed by atoms with Gasteiger partial charge in [0.05, 0.1) is 0 Å². The van der Waals surface area contributed by atoms with Crippen molar-refractivity contribution in [1.82, 2.24) is 0 Å². The van der Waals surface area contributed by atoms with Gasteiger partial charge in [0.2, 0.25) is 0 Å². The van der Waals surface area contributed by atoms with Crippen molar-refractivity contribution in [2.24, 2.45) is 0 Å². The second kappa shape index (κ2) is 8.39. The monoisotopic (exact) mass is 508 g/mol. The molecule has 1 nitrogen and oxygen atoms in total. The van der Waals surface area contributed by atoms with Gasteiger partial charge >= 0.3 is 12.4 Å². The Hall–Kier alpha value is -1.37. The van der Waals surface area contributed by atoms with E-state index in [9.17, 15) is 26.3 Å². The van der Waals surface area contributed by atoms with Crippen molar-refractivity contribution < 1.29 is 30.9 Å². The van der Waals surface area contributed by atoms with Gasteiger partial charge in [-0.05, 0) is 34.4 Å². The molecule has 0 amide bonds. The Balaban J connectivity index is 2.50. The molecule has 0 spiro atoms. The Morgan fingerprint density at radius 3 is 1.64 bits per heavy atom. The quantitative estimate of drug-likeness (QED) is 0.309. The number of hydrogen-bond acceptors (Lipinski definition) is 2. The molecule has 9 heteroatoms. The molecule has 1 unspecified atom stereocenters. The van der Waals surface area contributed by atoms with Crippen LogP contribution in [-0.2, 0) is 21.9 Å². The molecule has 1 aliphatic rings. The van der Waals surface area contributed by atoms with Crippen LogP contribution < -0.4 is 10.6 Å².